The molecule has 0 radical (unpaired) electrons. The van der Waals surface area contributed by atoms with Gasteiger partial charge >= 0.3 is 0 Å². The number of carbonyl (C=O) groups excluding carboxylic acids is 3. The molecule has 8 unspecified atom stereocenters. The smallest absolute Gasteiger partial charge is 0.257 e. The molecule has 3 heterocycles. The van der Waals surface area contributed by atoms with Gasteiger partial charge in [0.05, 0.1) is 26.4 Å². The predicted molar refractivity (Wildman–Crippen MR) is 219 cm³/mol. The summed E-state index contributed by atoms with van der Waals surface area (Å²) >= 11 is 0. The van der Waals surface area contributed by atoms with Gasteiger partial charge in [0.15, 0.2) is 25.5 Å². The first kappa shape index (κ1) is 51.0. The topological polar surface area (TPSA) is 334 Å². The number of aliphatic hydroxyl groups excluding tert-OH is 9. The van der Waals surface area contributed by atoms with Crippen molar-refractivity contribution in [2.24, 2.45) is 0 Å². The van der Waals surface area contributed by atoms with Crippen LogP contribution in [0, 0.1) is 0 Å². The van der Waals surface area contributed by atoms with Gasteiger partial charge in [-0.15, -0.1) is 0 Å². The van der Waals surface area contributed by atoms with Gasteiger partial charge in [-0.3, -0.25) is 14.4 Å². The van der Waals surface area contributed by atoms with Crippen LogP contribution in [0.15, 0.2) is 48.5 Å². The number of aliphatic hydroxyl groups is 9. The molecule has 3 amide bonds. The van der Waals surface area contributed by atoms with E-state index in [0.717, 1.165) is 24.0 Å². The van der Waals surface area contributed by atoms with Crippen molar-refractivity contribution in [2.75, 3.05) is 46.1 Å². The maximum absolute atomic E-state index is 12.6. The summed E-state index contributed by atoms with van der Waals surface area (Å²) in [7, 11) is 0. The molecule has 5 rings (SSSR count). The molecule has 22 heteroatoms. The van der Waals surface area contributed by atoms with Crippen molar-refractivity contribution in [3.63, 3.8) is 0 Å². The van der Waals surface area contributed by atoms with E-state index < -0.39 is 124 Å². The minimum atomic E-state index is -1.96. The number of nitrogens with one attached hydrogen (secondary N) is 3. The van der Waals surface area contributed by atoms with Gasteiger partial charge in [-0.25, -0.2) is 0 Å². The van der Waals surface area contributed by atoms with Crippen LogP contribution in [0.25, 0.3) is 11.1 Å². The lowest BCUT2D eigenvalue weighted by molar-refractivity contribution is -0.376. The van der Waals surface area contributed by atoms with Crippen molar-refractivity contribution in [3.8, 4) is 16.9 Å². The molecule has 2 aromatic carbocycles. The molecule has 3 fully saturated rings. The van der Waals surface area contributed by atoms with Crippen LogP contribution >= 0.6 is 0 Å². The van der Waals surface area contributed by atoms with E-state index in [2.05, 4.69) is 22.9 Å². The van der Waals surface area contributed by atoms with Gasteiger partial charge in [-0.2, -0.15) is 0 Å². The molecule has 0 saturated carbocycles. The predicted octanol–water partition coefficient (Wildman–Crippen LogP) is -3.62. The minimum Gasteiger partial charge on any atom is -0.484 e. The fourth-order valence-electron chi connectivity index (χ4n) is 7.35. The van der Waals surface area contributed by atoms with E-state index in [-0.39, 0.29) is 32.1 Å². The van der Waals surface area contributed by atoms with Crippen molar-refractivity contribution in [2.45, 2.75) is 125 Å². The molecule has 3 saturated heterocycles. The molecule has 0 bridgehead atoms. The van der Waals surface area contributed by atoms with E-state index in [1.807, 2.05) is 24.3 Å². The lowest BCUT2D eigenvalue weighted by Gasteiger charge is -2.48. The van der Waals surface area contributed by atoms with Crippen molar-refractivity contribution >= 4 is 17.7 Å². The quantitative estimate of drug-likeness (QED) is 0.0538. The van der Waals surface area contributed by atoms with Crippen LogP contribution < -0.4 is 20.7 Å². The first-order chi connectivity index (χ1) is 30.7. The number of amides is 3. The zero-order valence-electron chi connectivity index (χ0n) is 35.5. The normalized spacial score (nSPS) is 33.0. The fraction of sp³-hybridized carbons (Fsp3) is 0.643. The summed E-state index contributed by atoms with van der Waals surface area (Å²) in [6, 6.07) is 13.0. The Morgan fingerprint density at radius 1 is 0.656 bits per heavy atom. The number of ether oxygens (including phenoxy) is 7. The Labute approximate surface area is 368 Å². The van der Waals surface area contributed by atoms with Crippen LogP contribution in [-0.4, -0.2) is 202 Å². The van der Waals surface area contributed by atoms with E-state index in [0.29, 0.717) is 17.9 Å². The van der Waals surface area contributed by atoms with Gasteiger partial charge in [-0.05, 0) is 48.2 Å². The van der Waals surface area contributed by atoms with Crippen molar-refractivity contribution in [1.29, 1.82) is 0 Å². The highest BCUT2D eigenvalue weighted by molar-refractivity contribution is 5.95. The molecule has 15 atom stereocenters. The molecule has 64 heavy (non-hydrogen) atoms. The van der Waals surface area contributed by atoms with Crippen molar-refractivity contribution in [3.05, 3.63) is 54.1 Å². The number of hydrogen-bond acceptors (Lipinski definition) is 19. The third-order valence-corrected chi connectivity index (χ3v) is 10.9. The van der Waals surface area contributed by atoms with E-state index in [1.165, 1.54) is 6.92 Å². The Balaban J connectivity index is 1.11. The van der Waals surface area contributed by atoms with Crippen LogP contribution in [0.5, 0.6) is 5.75 Å². The average Bonchev–Trinajstić information content (AvgIpc) is 3.29. The number of carbonyl (C=O) groups is 3. The second-order valence-electron chi connectivity index (χ2n) is 15.6. The Morgan fingerprint density at radius 3 is 1.94 bits per heavy atom. The summed E-state index contributed by atoms with van der Waals surface area (Å²) in [4.78, 5) is 37.3. The monoisotopic (exact) mass is 911 g/mol. The Bertz CT molecular complexity index is 1780. The number of benzene rings is 2. The van der Waals surface area contributed by atoms with Crippen LogP contribution in [0.3, 0.4) is 0 Å². The SMILES string of the molecule is CCCCNC(=O)c1cccc(-c2ccc(OCC(=O)NCCCO[C@@H]3OC(CO)[C@@H](O[C@@H]4OC(CO)[C@H](O)C(O[C@H]5OC(CO)[C@H](O)C(O)C5O)[C@@H]4O)C(O)C3NC(C)=O)cc2)c1. The van der Waals surface area contributed by atoms with Gasteiger partial charge in [0, 0.05) is 25.6 Å². The highest BCUT2D eigenvalue weighted by atomic mass is 16.8. The van der Waals surface area contributed by atoms with Crippen LogP contribution in [-0.2, 0) is 38.0 Å². The standard InChI is InChI=1S/C42H61N3O19/c1-3-4-13-44-39(57)24-8-5-7-23(16-24)22-9-11-25(12-10-22)59-20-29(50)43-14-6-15-58-40-30(45-21(2)49)33(53)37(28(19-48)62-40)63-42-36(56)38(32(52)27(18-47)61-42)64-41-35(55)34(54)31(51)26(17-46)60-41/h5,7-12,16,26-28,30-38,40-42,46-48,51-56H,3-4,6,13-15,17-20H2,1-2H3,(H,43,50)(H,44,57)(H,45,49)/t26?,27?,28?,30?,31-,32-,33?,34?,35?,36-,37+,38?,40+,41+,42-/m0/s1. The summed E-state index contributed by atoms with van der Waals surface area (Å²) in [5.41, 5.74) is 2.25. The molecule has 0 spiro atoms. The number of rotatable bonds is 21. The van der Waals surface area contributed by atoms with Gasteiger partial charge < -0.3 is 95.1 Å². The zero-order valence-corrected chi connectivity index (χ0v) is 35.5. The van der Waals surface area contributed by atoms with Gasteiger partial charge in [0.1, 0.15) is 78.9 Å². The third-order valence-electron chi connectivity index (χ3n) is 10.9. The van der Waals surface area contributed by atoms with E-state index >= 15 is 0 Å². The maximum Gasteiger partial charge on any atom is 0.257 e. The van der Waals surface area contributed by atoms with E-state index in [9.17, 15) is 60.3 Å². The molecule has 3 aliphatic rings. The molecule has 0 aliphatic carbocycles. The Hall–Kier alpha value is -3.95. The maximum atomic E-state index is 12.6. The Kier molecular flexibility index (Phi) is 19.6. The minimum absolute atomic E-state index is 0.0567. The molecule has 12 N–H and O–H groups in total. The summed E-state index contributed by atoms with van der Waals surface area (Å²) < 4.78 is 39.7. The number of unbranched alkanes of at least 4 members (excludes halogenated alkanes) is 1. The summed E-state index contributed by atoms with van der Waals surface area (Å²) in [5.74, 6) is -0.719. The average molecular weight is 912 g/mol. The van der Waals surface area contributed by atoms with Gasteiger partial charge in [-0.1, -0.05) is 37.6 Å². The largest absolute Gasteiger partial charge is 0.484 e. The molecule has 358 valence electrons. The first-order valence-electron chi connectivity index (χ1n) is 21.2. The fourth-order valence-corrected chi connectivity index (χ4v) is 7.35. The first-order valence-corrected chi connectivity index (χ1v) is 21.2. The summed E-state index contributed by atoms with van der Waals surface area (Å²) in [5, 5.41) is 102. The molecule has 22 nitrogen and oxygen atoms in total. The lowest BCUT2D eigenvalue weighted by atomic mass is 9.95. The highest BCUT2D eigenvalue weighted by Gasteiger charge is 2.54. The zero-order chi connectivity index (χ0) is 46.5. The molecule has 2 aromatic rings. The molecule has 3 aliphatic heterocycles. The van der Waals surface area contributed by atoms with Crippen molar-refractivity contribution in [1.82, 2.24) is 16.0 Å². The lowest BCUT2D eigenvalue weighted by Crippen LogP contribution is -2.68. The molecular weight excluding hydrogens is 850 g/mol. The highest BCUT2D eigenvalue weighted by Crippen LogP contribution is 2.33. The Morgan fingerprint density at radius 2 is 1.28 bits per heavy atom. The second-order valence-corrected chi connectivity index (χ2v) is 15.6. The second kappa shape index (κ2) is 24.5. The summed E-state index contributed by atoms with van der Waals surface area (Å²) in [6.45, 7) is 1.21. The van der Waals surface area contributed by atoms with Gasteiger partial charge in [0.25, 0.3) is 11.8 Å². The van der Waals surface area contributed by atoms with Crippen molar-refractivity contribution < 1.29 is 93.5 Å². The van der Waals surface area contributed by atoms with Gasteiger partial charge in [0.2, 0.25) is 5.91 Å². The molecular formula is C42H61N3O19. The number of hydrogen-bond donors (Lipinski definition) is 12. The van der Waals surface area contributed by atoms with E-state index in [4.69, 9.17) is 33.2 Å². The summed E-state index contributed by atoms with van der Waals surface area (Å²) in [6.07, 6.45) is -21.4. The third kappa shape index (κ3) is 13.1. The van der Waals surface area contributed by atoms with Crippen LogP contribution in [0.4, 0.5) is 0 Å². The van der Waals surface area contributed by atoms with E-state index in [1.54, 1.807) is 24.3 Å². The molecule has 0 aromatic heterocycles. The van der Waals surface area contributed by atoms with Crippen LogP contribution in [0.2, 0.25) is 0 Å². The van der Waals surface area contributed by atoms with Crippen LogP contribution in [0.1, 0.15) is 43.5 Å².